The Morgan fingerprint density at radius 1 is 1.24 bits per heavy atom. The molecule has 0 radical (unpaired) electrons. The number of ether oxygens (including phenoxy) is 2. The zero-order valence-corrected chi connectivity index (χ0v) is 14.3. The van der Waals surface area contributed by atoms with E-state index in [1.807, 2.05) is 6.07 Å². The van der Waals surface area contributed by atoms with E-state index in [-0.39, 0.29) is 18.0 Å². The summed E-state index contributed by atoms with van der Waals surface area (Å²) in [4.78, 5) is 26.7. The SMILES string of the molecule is O=C(C[NH+]1CCC[C@H]1c1ccc2c(c1)OCCCO2)N1CCNC1=O. The standard InChI is InChI=1S/C18H23N3O4/c22-17(21-8-6-19-18(21)23)12-20-7-1-3-14(20)13-4-5-15-16(11-13)25-10-2-9-24-15/h4-5,11,14H,1-3,6-10,12H2,(H,19,23)/p+1/t14-/m0/s1. The monoisotopic (exact) mass is 346 g/mol. The maximum atomic E-state index is 12.5. The van der Waals surface area contributed by atoms with Crippen LogP contribution in [0.15, 0.2) is 18.2 Å². The molecule has 1 aromatic rings. The molecule has 2 N–H and O–H groups in total. The average Bonchev–Trinajstić information content (AvgIpc) is 3.17. The lowest BCUT2D eigenvalue weighted by Gasteiger charge is -2.23. The molecule has 0 aromatic heterocycles. The summed E-state index contributed by atoms with van der Waals surface area (Å²) in [6.45, 7) is 3.66. The molecule has 3 amide bonds. The van der Waals surface area contributed by atoms with Crippen molar-refractivity contribution in [2.45, 2.75) is 25.3 Å². The summed E-state index contributed by atoms with van der Waals surface area (Å²) in [5.41, 5.74) is 1.18. The molecule has 4 rings (SSSR count). The number of rotatable bonds is 3. The van der Waals surface area contributed by atoms with E-state index >= 15 is 0 Å². The number of amides is 3. The van der Waals surface area contributed by atoms with Gasteiger partial charge in [-0.3, -0.25) is 9.69 Å². The molecule has 2 fully saturated rings. The van der Waals surface area contributed by atoms with Gasteiger partial charge >= 0.3 is 6.03 Å². The average molecular weight is 346 g/mol. The largest absolute Gasteiger partial charge is 0.490 e. The fourth-order valence-electron chi connectivity index (χ4n) is 3.92. The van der Waals surface area contributed by atoms with Crippen LogP contribution in [0, 0.1) is 0 Å². The Bertz CT molecular complexity index is 678. The number of likely N-dealkylation sites (tertiary alicyclic amines) is 1. The van der Waals surface area contributed by atoms with Gasteiger partial charge in [-0.05, 0) is 18.2 Å². The molecule has 3 aliphatic heterocycles. The van der Waals surface area contributed by atoms with Crippen molar-refractivity contribution >= 4 is 11.9 Å². The zero-order chi connectivity index (χ0) is 17.2. The van der Waals surface area contributed by atoms with E-state index in [9.17, 15) is 9.59 Å². The molecule has 0 spiro atoms. The van der Waals surface area contributed by atoms with Crippen molar-refractivity contribution in [1.29, 1.82) is 0 Å². The van der Waals surface area contributed by atoms with E-state index in [1.54, 1.807) is 0 Å². The highest BCUT2D eigenvalue weighted by Gasteiger charge is 2.35. The van der Waals surface area contributed by atoms with Crippen LogP contribution >= 0.6 is 0 Å². The fraction of sp³-hybridized carbons (Fsp3) is 0.556. The first-order chi connectivity index (χ1) is 12.2. The molecule has 7 heteroatoms. The maximum Gasteiger partial charge on any atom is 0.324 e. The predicted molar refractivity (Wildman–Crippen MR) is 89.8 cm³/mol. The number of urea groups is 1. The molecular formula is C18H24N3O4+. The van der Waals surface area contributed by atoms with Gasteiger partial charge in [0.15, 0.2) is 18.0 Å². The second-order valence-electron chi connectivity index (χ2n) is 6.81. The normalized spacial score (nSPS) is 25.6. The molecule has 0 saturated carbocycles. The summed E-state index contributed by atoms with van der Waals surface area (Å²) in [6, 6.07) is 6.10. The van der Waals surface area contributed by atoms with Crippen molar-refractivity contribution < 1.29 is 24.0 Å². The molecule has 3 aliphatic rings. The van der Waals surface area contributed by atoms with E-state index in [0.29, 0.717) is 32.8 Å². The number of carbonyl (C=O) groups excluding carboxylic acids is 2. The Hall–Kier alpha value is -2.28. The highest BCUT2D eigenvalue weighted by atomic mass is 16.5. The molecule has 0 bridgehead atoms. The highest BCUT2D eigenvalue weighted by Crippen LogP contribution is 2.33. The summed E-state index contributed by atoms with van der Waals surface area (Å²) in [7, 11) is 0. The van der Waals surface area contributed by atoms with Crippen LogP contribution in [0.1, 0.15) is 30.9 Å². The minimum atomic E-state index is -0.268. The highest BCUT2D eigenvalue weighted by molar-refractivity contribution is 5.96. The molecule has 1 aromatic carbocycles. The summed E-state index contributed by atoms with van der Waals surface area (Å²) in [5, 5.41) is 2.68. The molecule has 25 heavy (non-hydrogen) atoms. The second-order valence-corrected chi connectivity index (χ2v) is 6.81. The lowest BCUT2D eigenvalue weighted by atomic mass is 10.0. The van der Waals surface area contributed by atoms with Gasteiger partial charge in [-0.1, -0.05) is 0 Å². The van der Waals surface area contributed by atoms with Crippen LogP contribution in [0.3, 0.4) is 0 Å². The second kappa shape index (κ2) is 6.92. The van der Waals surface area contributed by atoms with Crippen LogP contribution in [0.5, 0.6) is 11.5 Å². The molecule has 7 nitrogen and oxygen atoms in total. The first-order valence-electron chi connectivity index (χ1n) is 9.05. The van der Waals surface area contributed by atoms with Gasteiger partial charge < -0.3 is 19.7 Å². The van der Waals surface area contributed by atoms with Crippen LogP contribution in [-0.4, -0.2) is 56.2 Å². The topological polar surface area (TPSA) is 72.3 Å². The van der Waals surface area contributed by atoms with E-state index in [1.165, 1.54) is 15.4 Å². The summed E-state index contributed by atoms with van der Waals surface area (Å²) in [5.74, 6) is 1.50. The van der Waals surface area contributed by atoms with Crippen molar-refractivity contribution in [2.75, 3.05) is 39.4 Å². The van der Waals surface area contributed by atoms with E-state index in [0.717, 1.165) is 37.3 Å². The number of carbonyl (C=O) groups is 2. The summed E-state index contributed by atoms with van der Waals surface area (Å²) >= 11 is 0. The number of imide groups is 1. The van der Waals surface area contributed by atoms with Gasteiger partial charge in [0.25, 0.3) is 5.91 Å². The van der Waals surface area contributed by atoms with Gasteiger partial charge in [0.1, 0.15) is 6.04 Å². The predicted octanol–water partition coefficient (Wildman–Crippen LogP) is 0.120. The third-order valence-corrected chi connectivity index (χ3v) is 5.19. The summed E-state index contributed by atoms with van der Waals surface area (Å²) < 4.78 is 11.5. The van der Waals surface area contributed by atoms with Crippen LogP contribution < -0.4 is 19.7 Å². The van der Waals surface area contributed by atoms with Crippen molar-refractivity contribution in [3.8, 4) is 11.5 Å². The molecule has 3 heterocycles. The molecule has 134 valence electrons. The van der Waals surface area contributed by atoms with Gasteiger partial charge in [-0.25, -0.2) is 4.79 Å². The van der Waals surface area contributed by atoms with E-state index < -0.39 is 0 Å². The number of fused-ring (bicyclic) bond motifs is 1. The van der Waals surface area contributed by atoms with Crippen molar-refractivity contribution in [1.82, 2.24) is 10.2 Å². The minimum absolute atomic E-state index is 0.0914. The molecule has 2 saturated heterocycles. The van der Waals surface area contributed by atoms with Crippen molar-refractivity contribution in [2.24, 2.45) is 0 Å². The first kappa shape index (κ1) is 16.2. The molecule has 1 unspecified atom stereocenters. The Balaban J connectivity index is 1.48. The Morgan fingerprint density at radius 3 is 2.88 bits per heavy atom. The molecular weight excluding hydrogens is 322 g/mol. The van der Waals surface area contributed by atoms with Crippen LogP contribution in [0.4, 0.5) is 4.79 Å². The van der Waals surface area contributed by atoms with Gasteiger partial charge in [0.2, 0.25) is 0 Å². The smallest absolute Gasteiger partial charge is 0.324 e. The number of hydrogen-bond donors (Lipinski definition) is 2. The number of nitrogens with zero attached hydrogens (tertiary/aromatic N) is 1. The molecule has 0 aliphatic carbocycles. The maximum absolute atomic E-state index is 12.5. The lowest BCUT2D eigenvalue weighted by Crippen LogP contribution is -3.11. The number of nitrogens with one attached hydrogen (secondary N) is 2. The van der Waals surface area contributed by atoms with Crippen LogP contribution in [0.2, 0.25) is 0 Å². The third kappa shape index (κ3) is 3.28. The Morgan fingerprint density at radius 2 is 2.08 bits per heavy atom. The number of quaternary nitrogens is 1. The Kier molecular flexibility index (Phi) is 4.48. The zero-order valence-electron chi connectivity index (χ0n) is 14.3. The quantitative estimate of drug-likeness (QED) is 0.816. The van der Waals surface area contributed by atoms with E-state index in [2.05, 4.69) is 17.4 Å². The Labute approximate surface area is 146 Å². The minimum Gasteiger partial charge on any atom is -0.490 e. The van der Waals surface area contributed by atoms with Crippen molar-refractivity contribution in [3.63, 3.8) is 0 Å². The van der Waals surface area contributed by atoms with Crippen LogP contribution in [0.25, 0.3) is 0 Å². The molecule has 2 atom stereocenters. The third-order valence-electron chi connectivity index (χ3n) is 5.19. The van der Waals surface area contributed by atoms with Gasteiger partial charge in [0.05, 0.1) is 19.8 Å². The summed E-state index contributed by atoms with van der Waals surface area (Å²) in [6.07, 6.45) is 3.00. The van der Waals surface area contributed by atoms with Gasteiger partial charge in [0, 0.05) is 37.9 Å². The van der Waals surface area contributed by atoms with Crippen molar-refractivity contribution in [3.05, 3.63) is 23.8 Å². The first-order valence-corrected chi connectivity index (χ1v) is 9.05. The number of hydrogen-bond acceptors (Lipinski definition) is 4. The van der Waals surface area contributed by atoms with Crippen LogP contribution in [-0.2, 0) is 4.79 Å². The number of benzene rings is 1. The van der Waals surface area contributed by atoms with E-state index in [4.69, 9.17) is 9.47 Å². The lowest BCUT2D eigenvalue weighted by molar-refractivity contribution is -0.910. The fourth-order valence-corrected chi connectivity index (χ4v) is 3.92. The van der Waals surface area contributed by atoms with Gasteiger partial charge in [-0.15, -0.1) is 0 Å². The van der Waals surface area contributed by atoms with Gasteiger partial charge in [-0.2, -0.15) is 0 Å².